The molecule has 4 amide bonds. The summed E-state index contributed by atoms with van der Waals surface area (Å²) in [7, 11) is 0. The lowest BCUT2D eigenvalue weighted by atomic mass is 10.0. The van der Waals surface area contributed by atoms with E-state index >= 15 is 0 Å². The first-order valence-corrected chi connectivity index (χ1v) is 10.3. The maximum Gasteiger partial charge on any atom is 0.321 e. The Balaban J connectivity index is 1.50. The number of benzene rings is 2. The van der Waals surface area contributed by atoms with Crippen molar-refractivity contribution in [3.05, 3.63) is 66.0 Å². The van der Waals surface area contributed by atoms with E-state index in [9.17, 15) is 18.8 Å². The van der Waals surface area contributed by atoms with E-state index in [4.69, 9.17) is 0 Å². The molecule has 2 aromatic carbocycles. The molecule has 1 fully saturated rings. The van der Waals surface area contributed by atoms with Crippen LogP contribution in [0.4, 0.5) is 14.9 Å². The van der Waals surface area contributed by atoms with Crippen LogP contribution in [0.5, 0.6) is 0 Å². The predicted molar refractivity (Wildman–Crippen MR) is 116 cm³/mol. The Kier molecular flexibility index (Phi) is 7.59. The first-order valence-electron chi connectivity index (χ1n) is 10.3. The van der Waals surface area contributed by atoms with Gasteiger partial charge in [0, 0.05) is 38.2 Å². The molecule has 3 N–H and O–H groups in total. The number of piperidine rings is 1. The van der Waals surface area contributed by atoms with Crippen molar-refractivity contribution in [1.82, 2.24) is 15.5 Å². The van der Waals surface area contributed by atoms with Crippen LogP contribution in [0.2, 0.25) is 0 Å². The summed E-state index contributed by atoms with van der Waals surface area (Å²) < 4.78 is 13.3. The number of hydrogen-bond donors (Lipinski definition) is 3. The molecule has 1 aliphatic rings. The predicted octanol–water partition coefficient (Wildman–Crippen LogP) is 2.69. The summed E-state index contributed by atoms with van der Waals surface area (Å²) in [4.78, 5) is 38.4. The zero-order valence-electron chi connectivity index (χ0n) is 17.4. The molecular weight excluding hydrogens is 399 g/mol. The Morgan fingerprint density at radius 3 is 2.42 bits per heavy atom. The molecule has 0 aliphatic carbocycles. The van der Waals surface area contributed by atoms with Crippen LogP contribution in [0.25, 0.3) is 0 Å². The quantitative estimate of drug-likeness (QED) is 0.663. The zero-order chi connectivity index (χ0) is 22.2. The van der Waals surface area contributed by atoms with Crippen LogP contribution in [0, 0.1) is 5.82 Å². The van der Waals surface area contributed by atoms with Gasteiger partial charge in [-0.2, -0.15) is 0 Å². The fourth-order valence-electron chi connectivity index (χ4n) is 3.60. The largest absolute Gasteiger partial charge is 0.351 e. The Morgan fingerprint density at radius 1 is 1.06 bits per heavy atom. The molecule has 7 nitrogen and oxygen atoms in total. The summed E-state index contributed by atoms with van der Waals surface area (Å²) in [6.45, 7) is 2.33. The molecule has 0 bridgehead atoms. The number of amides is 4. The minimum absolute atomic E-state index is 0.0854. The first-order chi connectivity index (χ1) is 14.9. The van der Waals surface area contributed by atoms with Crippen molar-refractivity contribution < 1.29 is 18.8 Å². The lowest BCUT2D eigenvalue weighted by molar-refractivity contribution is -0.128. The number of hydrogen-bond acceptors (Lipinski definition) is 3. The second kappa shape index (κ2) is 10.6. The normalized spacial score (nSPS) is 15.1. The average Bonchev–Trinajstić information content (AvgIpc) is 2.74. The second-order valence-electron chi connectivity index (χ2n) is 7.65. The minimum Gasteiger partial charge on any atom is -0.351 e. The van der Waals surface area contributed by atoms with E-state index < -0.39 is 11.9 Å². The summed E-state index contributed by atoms with van der Waals surface area (Å²) in [5, 5.41) is 8.41. The summed E-state index contributed by atoms with van der Waals surface area (Å²) in [5.74, 6) is -0.912. The molecule has 0 spiro atoms. The Bertz CT molecular complexity index is 914. The topological polar surface area (TPSA) is 90.5 Å². The molecule has 2 aromatic rings. The lowest BCUT2D eigenvalue weighted by Crippen LogP contribution is -2.53. The maximum atomic E-state index is 13.3. The molecule has 164 valence electrons. The van der Waals surface area contributed by atoms with Gasteiger partial charge < -0.3 is 20.9 Å². The van der Waals surface area contributed by atoms with Crippen LogP contribution in [0.15, 0.2) is 54.6 Å². The SMILES string of the molecule is CC(=O)N[C@@H](Cc1ccccc1)C(=O)NC1CCN(C(=O)Nc2cccc(F)c2)CC1. The molecule has 1 heterocycles. The van der Waals surface area contributed by atoms with Gasteiger partial charge in [0.25, 0.3) is 0 Å². The molecule has 31 heavy (non-hydrogen) atoms. The Labute approximate surface area is 181 Å². The highest BCUT2D eigenvalue weighted by molar-refractivity contribution is 5.89. The van der Waals surface area contributed by atoms with Crippen molar-refractivity contribution in [2.24, 2.45) is 0 Å². The fourth-order valence-corrected chi connectivity index (χ4v) is 3.60. The smallest absolute Gasteiger partial charge is 0.321 e. The Hall–Kier alpha value is -3.42. The van der Waals surface area contributed by atoms with E-state index in [2.05, 4.69) is 16.0 Å². The number of rotatable bonds is 6. The van der Waals surface area contributed by atoms with Gasteiger partial charge in [-0.05, 0) is 36.6 Å². The zero-order valence-corrected chi connectivity index (χ0v) is 17.4. The third kappa shape index (κ3) is 6.80. The monoisotopic (exact) mass is 426 g/mol. The summed E-state index contributed by atoms with van der Waals surface area (Å²) >= 11 is 0. The van der Waals surface area contributed by atoms with E-state index in [1.165, 1.54) is 25.1 Å². The third-order valence-corrected chi connectivity index (χ3v) is 5.18. The van der Waals surface area contributed by atoms with Crippen molar-refractivity contribution >= 4 is 23.5 Å². The van der Waals surface area contributed by atoms with E-state index in [0.717, 1.165) is 5.56 Å². The first kappa shape index (κ1) is 22.3. The number of halogens is 1. The van der Waals surface area contributed by atoms with Crippen molar-refractivity contribution in [2.45, 2.75) is 38.3 Å². The number of anilines is 1. The molecule has 3 rings (SSSR count). The van der Waals surface area contributed by atoms with Gasteiger partial charge in [0.15, 0.2) is 0 Å². The highest BCUT2D eigenvalue weighted by Crippen LogP contribution is 2.15. The molecule has 1 saturated heterocycles. The molecule has 1 aliphatic heterocycles. The molecule has 0 unspecified atom stereocenters. The van der Waals surface area contributed by atoms with Gasteiger partial charge in [-0.1, -0.05) is 36.4 Å². The summed E-state index contributed by atoms with van der Waals surface area (Å²) in [5.41, 5.74) is 1.36. The molecular formula is C23H27FN4O3. The van der Waals surface area contributed by atoms with E-state index in [-0.39, 0.29) is 23.9 Å². The van der Waals surface area contributed by atoms with Crippen molar-refractivity contribution in [3.63, 3.8) is 0 Å². The van der Waals surface area contributed by atoms with Crippen LogP contribution >= 0.6 is 0 Å². The van der Waals surface area contributed by atoms with Gasteiger partial charge in [-0.25, -0.2) is 9.18 Å². The van der Waals surface area contributed by atoms with Crippen LogP contribution < -0.4 is 16.0 Å². The highest BCUT2D eigenvalue weighted by Gasteiger charge is 2.27. The number of urea groups is 1. The van der Waals surface area contributed by atoms with Gasteiger partial charge in [0.1, 0.15) is 11.9 Å². The van der Waals surface area contributed by atoms with Crippen molar-refractivity contribution in [1.29, 1.82) is 0 Å². The van der Waals surface area contributed by atoms with Crippen LogP contribution in [0.1, 0.15) is 25.3 Å². The van der Waals surface area contributed by atoms with Crippen LogP contribution in [-0.4, -0.2) is 47.9 Å². The molecule has 1 atom stereocenters. The van der Waals surface area contributed by atoms with Crippen LogP contribution in [-0.2, 0) is 16.0 Å². The van der Waals surface area contributed by atoms with Gasteiger partial charge in [0.05, 0.1) is 0 Å². The van der Waals surface area contributed by atoms with Gasteiger partial charge in [-0.3, -0.25) is 9.59 Å². The third-order valence-electron chi connectivity index (χ3n) is 5.18. The minimum atomic E-state index is -0.658. The molecule has 0 saturated carbocycles. The summed E-state index contributed by atoms with van der Waals surface area (Å²) in [6, 6.07) is 14.2. The number of carbonyl (C=O) groups excluding carboxylic acids is 3. The number of carbonyl (C=O) groups is 3. The molecule has 0 radical (unpaired) electrons. The van der Waals surface area contributed by atoms with Crippen LogP contribution in [0.3, 0.4) is 0 Å². The highest BCUT2D eigenvalue weighted by atomic mass is 19.1. The number of likely N-dealkylation sites (tertiary alicyclic amines) is 1. The number of nitrogens with zero attached hydrogens (tertiary/aromatic N) is 1. The fraction of sp³-hybridized carbons (Fsp3) is 0.348. The Morgan fingerprint density at radius 2 is 1.77 bits per heavy atom. The van der Waals surface area contributed by atoms with Crippen molar-refractivity contribution in [3.8, 4) is 0 Å². The molecule has 0 aromatic heterocycles. The van der Waals surface area contributed by atoms with Gasteiger partial charge in [0.2, 0.25) is 11.8 Å². The van der Waals surface area contributed by atoms with Gasteiger partial charge >= 0.3 is 6.03 Å². The number of nitrogens with one attached hydrogen (secondary N) is 3. The maximum absolute atomic E-state index is 13.3. The van der Waals surface area contributed by atoms with E-state index in [1.807, 2.05) is 30.3 Å². The summed E-state index contributed by atoms with van der Waals surface area (Å²) in [6.07, 6.45) is 1.60. The standard InChI is InChI=1S/C23H27FN4O3/c1-16(29)25-21(14-17-6-3-2-4-7-17)22(30)26-19-10-12-28(13-11-19)23(31)27-20-9-5-8-18(24)15-20/h2-9,15,19,21H,10-14H2,1H3,(H,25,29)(H,26,30)(H,27,31)/t21-/m0/s1. The van der Waals surface area contributed by atoms with Gasteiger partial charge in [-0.15, -0.1) is 0 Å². The molecule has 8 heteroatoms. The van der Waals surface area contributed by atoms with E-state index in [1.54, 1.807) is 11.0 Å². The lowest BCUT2D eigenvalue weighted by Gasteiger charge is -2.33. The van der Waals surface area contributed by atoms with Crippen molar-refractivity contribution in [2.75, 3.05) is 18.4 Å². The second-order valence-corrected chi connectivity index (χ2v) is 7.65. The average molecular weight is 426 g/mol. The van der Waals surface area contributed by atoms with E-state index in [0.29, 0.717) is 38.0 Å².